The lowest BCUT2D eigenvalue weighted by Crippen LogP contribution is -2.71. The number of thioether (sulfide) groups is 1. The van der Waals surface area contributed by atoms with Crippen molar-refractivity contribution in [3.63, 3.8) is 0 Å². The van der Waals surface area contributed by atoms with Crippen molar-refractivity contribution in [2.45, 2.75) is 24.9 Å². The van der Waals surface area contributed by atoms with Gasteiger partial charge in [-0.2, -0.15) is 4.57 Å². The predicted molar refractivity (Wildman–Crippen MR) is 137 cm³/mol. The van der Waals surface area contributed by atoms with Crippen molar-refractivity contribution in [2.24, 2.45) is 5.16 Å². The van der Waals surface area contributed by atoms with Crippen molar-refractivity contribution in [3.05, 3.63) is 58.8 Å². The number of aliphatic carboxylic acids is 1. The van der Waals surface area contributed by atoms with Crippen molar-refractivity contribution in [3.8, 4) is 0 Å². The van der Waals surface area contributed by atoms with Crippen molar-refractivity contribution in [1.29, 1.82) is 0 Å². The number of carboxylic acid groups (broad SMARTS) is 1. The number of hydrogen-bond acceptors (Lipinski definition) is 10. The van der Waals surface area contributed by atoms with Gasteiger partial charge in [0.15, 0.2) is 35.6 Å². The number of aromatic nitrogens is 3. The van der Waals surface area contributed by atoms with Crippen LogP contribution in [0.5, 0.6) is 0 Å². The molecule has 0 aromatic carbocycles. The molecule has 3 aromatic rings. The lowest BCUT2D eigenvalue weighted by molar-refractivity contribution is -0.688. The first-order valence-corrected chi connectivity index (χ1v) is 13.2. The molecule has 0 aliphatic carbocycles. The quantitative estimate of drug-likeness (QED) is 0.116. The largest absolute Gasteiger partial charge is 0.477 e. The van der Waals surface area contributed by atoms with Gasteiger partial charge in [-0.25, -0.2) is 9.78 Å². The monoisotopic (exact) mass is 556 g/mol. The van der Waals surface area contributed by atoms with Gasteiger partial charge < -0.3 is 25.4 Å². The molecule has 5 rings (SSSR count). The smallest absolute Gasteiger partial charge is 0.352 e. The molecular formula is C23H22N7O6S2+. The Hall–Kier alpha value is -4.24. The van der Waals surface area contributed by atoms with Crippen LogP contribution in [0.2, 0.25) is 0 Å². The molecule has 2 aliphatic rings. The summed E-state index contributed by atoms with van der Waals surface area (Å²) in [6.45, 7) is 1.72. The Kier molecular flexibility index (Phi) is 6.62. The molecule has 0 bridgehead atoms. The fraction of sp³-hybridized carbons (Fsp3) is 0.261. The minimum absolute atomic E-state index is 0.0670. The van der Waals surface area contributed by atoms with Crippen LogP contribution < -0.4 is 15.6 Å². The number of rotatable bonds is 8. The number of carbonyl (C=O) groups excluding carboxylic acids is 3. The van der Waals surface area contributed by atoms with Crippen molar-refractivity contribution in [1.82, 2.24) is 19.6 Å². The Morgan fingerprint density at radius 1 is 1.37 bits per heavy atom. The highest BCUT2D eigenvalue weighted by Crippen LogP contribution is 2.40. The topological polar surface area (TPSA) is 173 Å². The van der Waals surface area contributed by atoms with Crippen LogP contribution in [-0.2, 0) is 25.8 Å². The van der Waals surface area contributed by atoms with Gasteiger partial charge in [0.1, 0.15) is 35.4 Å². The number of nitrogens with two attached hydrogens (primary N) is 1. The van der Waals surface area contributed by atoms with Gasteiger partial charge in [-0.05, 0) is 12.1 Å². The highest BCUT2D eigenvalue weighted by molar-refractivity contribution is 8.00. The Bertz CT molecular complexity index is 1560. The number of nitrogen functional groups attached to an aromatic ring is 1. The zero-order valence-corrected chi connectivity index (χ0v) is 21.8. The number of Topliss-reactive ketones (excluding diaryl/α,β-unsaturated/α-hetero) is 1. The van der Waals surface area contributed by atoms with E-state index < -0.39 is 29.2 Å². The molecule has 4 N–H and O–H groups in total. The third-order valence-electron chi connectivity index (χ3n) is 6.09. The van der Waals surface area contributed by atoms with E-state index in [1.807, 2.05) is 0 Å². The first-order valence-electron chi connectivity index (χ1n) is 11.2. The molecule has 0 unspecified atom stereocenters. The van der Waals surface area contributed by atoms with Crippen molar-refractivity contribution < 1.29 is 33.7 Å². The van der Waals surface area contributed by atoms with Crippen LogP contribution >= 0.6 is 23.1 Å². The molecule has 15 heteroatoms. The molecule has 3 aromatic heterocycles. The SMILES string of the molecule is CON=C(C(=O)N[C@@H]1C(=O)N2C(C(=O)O)=C(C[n+]3ccn4c(C(C)=O)ccc4c3)CS[C@@H]12)c1csc(N)n1. The number of carboxylic acids is 1. The molecule has 1 saturated heterocycles. The fourth-order valence-corrected chi connectivity index (χ4v) is 6.30. The number of thiazole rings is 1. The number of β-lactam (4-membered cyclic amide) rings is 1. The van der Waals surface area contributed by atoms with E-state index in [9.17, 15) is 24.3 Å². The molecule has 38 heavy (non-hydrogen) atoms. The van der Waals surface area contributed by atoms with E-state index in [2.05, 4.69) is 15.5 Å². The zero-order chi connectivity index (χ0) is 27.1. The molecule has 13 nitrogen and oxygen atoms in total. The van der Waals surface area contributed by atoms with Crippen LogP contribution in [0.4, 0.5) is 5.13 Å². The van der Waals surface area contributed by atoms with E-state index in [0.717, 1.165) is 16.9 Å². The molecule has 2 atom stereocenters. The maximum absolute atomic E-state index is 13.1. The predicted octanol–water partition coefficient (Wildman–Crippen LogP) is 0.257. The summed E-state index contributed by atoms with van der Waals surface area (Å²) in [4.78, 5) is 60.0. The molecule has 0 saturated carbocycles. The molecular weight excluding hydrogens is 534 g/mol. The van der Waals surface area contributed by atoms with Gasteiger partial charge in [0.05, 0.1) is 11.9 Å². The lowest BCUT2D eigenvalue weighted by Gasteiger charge is -2.49. The number of carbonyl (C=O) groups is 4. The first kappa shape index (κ1) is 25.4. The van der Waals surface area contributed by atoms with Crippen molar-refractivity contribution in [2.75, 3.05) is 18.6 Å². The lowest BCUT2D eigenvalue weighted by atomic mass is 10.0. The summed E-state index contributed by atoms with van der Waals surface area (Å²) < 4.78 is 3.55. The third kappa shape index (κ3) is 4.39. The summed E-state index contributed by atoms with van der Waals surface area (Å²) in [5.41, 5.74) is 7.47. The highest BCUT2D eigenvalue weighted by Gasteiger charge is 2.54. The standard InChI is InChI=1S/C23H21N7O6S2/c1-11(31)15-4-3-13-8-28(5-6-29(13)15)7-12-9-37-21-17(20(33)30(21)18(12)22(34)35)26-19(32)16(27-36-2)14-10-38-23(24)25-14/h3-6,8,10,17,21H,7,9H2,1-2H3,(H3-,24,25,26,32,34,35)/p+1/t17-,21+/m1/s1. The number of oxime groups is 1. The van der Waals surface area contributed by atoms with E-state index in [0.29, 0.717) is 17.0 Å². The summed E-state index contributed by atoms with van der Waals surface area (Å²) in [6.07, 6.45) is 5.28. The van der Waals surface area contributed by atoms with E-state index in [-0.39, 0.29) is 34.6 Å². The zero-order valence-electron chi connectivity index (χ0n) is 20.2. The molecule has 196 valence electrons. The highest BCUT2D eigenvalue weighted by atomic mass is 32.2. The Morgan fingerprint density at radius 2 is 2.16 bits per heavy atom. The van der Waals surface area contributed by atoms with E-state index in [1.54, 1.807) is 45.1 Å². The van der Waals surface area contributed by atoms with Gasteiger partial charge in [-0.15, -0.1) is 23.1 Å². The molecule has 5 heterocycles. The molecule has 0 spiro atoms. The first-order chi connectivity index (χ1) is 18.2. The van der Waals surface area contributed by atoms with Crippen LogP contribution in [0, 0.1) is 0 Å². The van der Waals surface area contributed by atoms with Gasteiger partial charge in [0.25, 0.3) is 11.8 Å². The molecule has 0 radical (unpaired) electrons. The number of fused-ring (bicyclic) bond motifs is 2. The van der Waals surface area contributed by atoms with Gasteiger partial charge in [0, 0.05) is 23.6 Å². The average molecular weight is 557 g/mol. The minimum Gasteiger partial charge on any atom is -0.477 e. The summed E-state index contributed by atoms with van der Waals surface area (Å²) in [5.74, 6) is -2.20. The van der Waals surface area contributed by atoms with Crippen LogP contribution in [0.3, 0.4) is 0 Å². The summed E-state index contributed by atoms with van der Waals surface area (Å²) in [6, 6.07) is 2.58. The normalized spacial score (nSPS) is 19.3. The molecule has 2 aliphatic heterocycles. The molecule has 2 amide bonds. The van der Waals surface area contributed by atoms with Gasteiger partial charge in [-0.3, -0.25) is 19.3 Å². The van der Waals surface area contributed by atoms with Crippen molar-refractivity contribution >= 4 is 63.0 Å². The summed E-state index contributed by atoms with van der Waals surface area (Å²) in [5, 5.41) is 17.5. The second-order valence-corrected chi connectivity index (χ2v) is 10.5. The Balaban J connectivity index is 1.36. The Labute approximate surface area is 223 Å². The second kappa shape index (κ2) is 9.90. The number of nitrogens with one attached hydrogen (secondary N) is 1. The van der Waals surface area contributed by atoms with Crippen LogP contribution in [0.25, 0.3) is 5.52 Å². The van der Waals surface area contributed by atoms with Gasteiger partial charge >= 0.3 is 5.97 Å². The fourth-order valence-electron chi connectivity index (χ4n) is 4.41. The minimum atomic E-state index is -1.23. The van der Waals surface area contributed by atoms with Gasteiger partial charge in [-0.1, -0.05) is 5.16 Å². The third-order valence-corrected chi connectivity index (χ3v) is 8.10. The average Bonchev–Trinajstić information content (AvgIpc) is 3.51. The maximum Gasteiger partial charge on any atom is 0.352 e. The van der Waals surface area contributed by atoms with Crippen LogP contribution in [0.1, 0.15) is 23.1 Å². The summed E-state index contributed by atoms with van der Waals surface area (Å²) in [7, 11) is 1.27. The van der Waals surface area contributed by atoms with Gasteiger partial charge in [0.2, 0.25) is 0 Å². The van der Waals surface area contributed by atoms with E-state index >= 15 is 0 Å². The number of amides is 2. The number of ketones is 1. The second-order valence-electron chi connectivity index (χ2n) is 8.48. The molecule has 1 fully saturated rings. The van der Waals surface area contributed by atoms with Crippen LogP contribution in [0.15, 0.2) is 52.5 Å². The van der Waals surface area contributed by atoms with E-state index in [1.165, 1.54) is 30.7 Å². The number of hydrogen-bond donors (Lipinski definition) is 3. The Morgan fingerprint density at radius 3 is 2.82 bits per heavy atom. The van der Waals surface area contributed by atoms with Crippen LogP contribution in [-0.4, -0.2) is 72.9 Å². The number of nitrogens with zero attached hydrogens (tertiary/aromatic N) is 5. The van der Waals surface area contributed by atoms with E-state index in [4.69, 9.17) is 10.6 Å². The maximum atomic E-state index is 13.1. The summed E-state index contributed by atoms with van der Waals surface area (Å²) >= 11 is 2.48. The number of anilines is 1.